The van der Waals surface area contributed by atoms with E-state index in [1.54, 1.807) is 5.57 Å². The molecule has 1 aliphatic heterocycles. The second kappa shape index (κ2) is 8.73. The van der Waals surface area contributed by atoms with Gasteiger partial charge in [0.05, 0.1) is 0 Å². The Balaban J connectivity index is 1.58. The van der Waals surface area contributed by atoms with Crippen molar-refractivity contribution in [2.75, 3.05) is 25.5 Å². The van der Waals surface area contributed by atoms with Crippen molar-refractivity contribution in [1.29, 1.82) is 0 Å². The maximum atomic E-state index is 5.83. The van der Waals surface area contributed by atoms with Crippen LogP contribution in [-0.2, 0) is 0 Å². The van der Waals surface area contributed by atoms with Gasteiger partial charge in [-0.05, 0) is 59.3 Å². The monoisotopic (exact) mass is 375 g/mol. The lowest BCUT2D eigenvalue weighted by Crippen LogP contribution is -2.31. The van der Waals surface area contributed by atoms with Gasteiger partial charge in [0.2, 0.25) is 0 Å². The molecular weight excluding hydrogens is 350 g/mol. The summed E-state index contributed by atoms with van der Waals surface area (Å²) in [7, 11) is 0. The van der Waals surface area contributed by atoms with Gasteiger partial charge in [-0.2, -0.15) is 0 Å². The molecule has 27 heavy (non-hydrogen) atoms. The molecule has 3 aromatic rings. The van der Waals surface area contributed by atoms with Crippen molar-refractivity contribution in [2.24, 2.45) is 0 Å². The summed E-state index contributed by atoms with van der Waals surface area (Å²) in [5, 5.41) is 2.59. The van der Waals surface area contributed by atoms with E-state index >= 15 is 0 Å². The molecule has 0 radical (unpaired) electrons. The minimum absolute atomic E-state index is 0.762. The topological polar surface area (TPSA) is 3.24 Å². The Morgan fingerprint density at radius 2 is 1.59 bits per heavy atom. The predicted molar refractivity (Wildman–Crippen MR) is 118 cm³/mol. The van der Waals surface area contributed by atoms with Crippen molar-refractivity contribution in [1.82, 2.24) is 4.90 Å². The van der Waals surface area contributed by atoms with Gasteiger partial charge in [0.25, 0.3) is 0 Å². The Hall–Kier alpha value is -2.09. The van der Waals surface area contributed by atoms with Gasteiger partial charge in [-0.15, -0.1) is 11.6 Å². The van der Waals surface area contributed by atoms with Crippen LogP contribution in [-0.4, -0.2) is 30.4 Å². The van der Waals surface area contributed by atoms with E-state index in [-0.39, 0.29) is 0 Å². The number of hydrogen-bond acceptors (Lipinski definition) is 1. The Bertz CT molecular complexity index is 934. The Kier molecular flexibility index (Phi) is 5.91. The van der Waals surface area contributed by atoms with E-state index in [1.807, 2.05) is 0 Å². The zero-order chi connectivity index (χ0) is 18.5. The van der Waals surface area contributed by atoms with E-state index < -0.39 is 0 Å². The molecule has 0 unspecified atom stereocenters. The third kappa shape index (κ3) is 4.43. The Morgan fingerprint density at radius 1 is 0.852 bits per heavy atom. The highest BCUT2D eigenvalue weighted by atomic mass is 35.5. The Labute approximate surface area is 167 Å². The first-order chi connectivity index (χ1) is 13.3. The molecule has 4 rings (SSSR count). The fourth-order valence-electron chi connectivity index (χ4n) is 3.95. The fraction of sp³-hybridized carbons (Fsp3) is 0.280. The van der Waals surface area contributed by atoms with Gasteiger partial charge in [-0.25, -0.2) is 0 Å². The van der Waals surface area contributed by atoms with Crippen molar-refractivity contribution in [3.63, 3.8) is 0 Å². The van der Waals surface area contributed by atoms with Crippen LogP contribution in [0.25, 0.3) is 28.0 Å². The molecule has 0 saturated carbocycles. The standard InChI is InChI=1S/C25H26ClN/c26-14-5-15-27-16-12-20(13-17-27)18-23-8-3-4-9-25(23)24-11-10-21-6-1-2-7-22(21)19-24/h1-4,6-11,18-19H,5,12-17H2. The second-order valence-corrected chi connectivity index (χ2v) is 7.71. The van der Waals surface area contributed by atoms with Gasteiger partial charge in [-0.1, -0.05) is 72.3 Å². The highest BCUT2D eigenvalue weighted by Crippen LogP contribution is 2.30. The number of halogens is 1. The molecule has 1 fully saturated rings. The molecule has 0 amide bonds. The number of hydrogen-bond donors (Lipinski definition) is 0. The maximum absolute atomic E-state index is 5.83. The highest BCUT2D eigenvalue weighted by Gasteiger charge is 2.14. The number of fused-ring (bicyclic) bond motifs is 1. The molecule has 138 valence electrons. The summed E-state index contributed by atoms with van der Waals surface area (Å²) >= 11 is 5.83. The van der Waals surface area contributed by atoms with Gasteiger partial charge in [0.15, 0.2) is 0 Å². The summed E-state index contributed by atoms with van der Waals surface area (Å²) in [6, 6.07) is 24.1. The molecule has 0 bridgehead atoms. The first-order valence-corrected chi connectivity index (χ1v) is 10.4. The molecule has 0 spiro atoms. The number of rotatable bonds is 5. The van der Waals surface area contributed by atoms with E-state index in [1.165, 1.54) is 27.5 Å². The summed E-state index contributed by atoms with van der Waals surface area (Å²) in [5.41, 5.74) is 5.50. The zero-order valence-corrected chi connectivity index (χ0v) is 16.5. The summed E-state index contributed by atoms with van der Waals surface area (Å²) in [4.78, 5) is 2.54. The lowest BCUT2D eigenvalue weighted by molar-refractivity contribution is 0.258. The molecular formula is C25H26ClN. The van der Waals surface area contributed by atoms with Crippen LogP contribution in [0.5, 0.6) is 0 Å². The molecule has 1 aliphatic rings. The van der Waals surface area contributed by atoms with Crippen LogP contribution in [0.15, 0.2) is 72.3 Å². The quantitative estimate of drug-likeness (QED) is 0.453. The smallest absolute Gasteiger partial charge is 0.0235 e. The molecule has 1 heterocycles. The fourth-order valence-corrected chi connectivity index (χ4v) is 4.07. The number of nitrogens with zero attached hydrogens (tertiary/aromatic N) is 1. The minimum Gasteiger partial charge on any atom is -0.303 e. The van der Waals surface area contributed by atoms with Crippen molar-refractivity contribution < 1.29 is 0 Å². The zero-order valence-electron chi connectivity index (χ0n) is 15.7. The van der Waals surface area contributed by atoms with E-state index in [0.717, 1.165) is 44.8 Å². The molecule has 2 heteroatoms. The van der Waals surface area contributed by atoms with Crippen LogP contribution >= 0.6 is 11.6 Å². The second-order valence-electron chi connectivity index (χ2n) is 7.34. The van der Waals surface area contributed by atoms with E-state index in [4.69, 9.17) is 11.6 Å². The van der Waals surface area contributed by atoms with Crippen molar-refractivity contribution in [3.8, 4) is 11.1 Å². The minimum atomic E-state index is 0.762. The maximum Gasteiger partial charge on any atom is 0.0235 e. The lowest BCUT2D eigenvalue weighted by atomic mass is 9.94. The molecule has 3 aromatic carbocycles. The SMILES string of the molecule is ClCCCN1CCC(=Cc2ccccc2-c2ccc3ccccc3c2)CC1. The first-order valence-electron chi connectivity index (χ1n) is 9.89. The first kappa shape index (κ1) is 18.3. The van der Waals surface area contributed by atoms with Gasteiger partial charge in [-0.3, -0.25) is 0 Å². The van der Waals surface area contributed by atoms with E-state index in [9.17, 15) is 0 Å². The summed E-state index contributed by atoms with van der Waals surface area (Å²) in [6.07, 6.45) is 5.83. The average molecular weight is 376 g/mol. The lowest BCUT2D eigenvalue weighted by Gasteiger charge is -2.28. The van der Waals surface area contributed by atoms with Crippen LogP contribution in [0.1, 0.15) is 24.8 Å². The van der Waals surface area contributed by atoms with Crippen LogP contribution in [0.4, 0.5) is 0 Å². The van der Waals surface area contributed by atoms with Crippen LogP contribution in [0, 0.1) is 0 Å². The molecule has 0 atom stereocenters. The van der Waals surface area contributed by atoms with Crippen LogP contribution in [0.2, 0.25) is 0 Å². The summed E-state index contributed by atoms with van der Waals surface area (Å²) in [6.45, 7) is 3.44. The van der Waals surface area contributed by atoms with Crippen molar-refractivity contribution in [3.05, 3.63) is 77.9 Å². The number of alkyl halides is 1. The van der Waals surface area contributed by atoms with E-state index in [2.05, 4.69) is 77.7 Å². The number of likely N-dealkylation sites (tertiary alicyclic amines) is 1. The van der Waals surface area contributed by atoms with Crippen molar-refractivity contribution >= 4 is 28.4 Å². The third-order valence-electron chi connectivity index (χ3n) is 5.49. The van der Waals surface area contributed by atoms with Crippen LogP contribution in [0.3, 0.4) is 0 Å². The molecule has 0 N–H and O–H groups in total. The Morgan fingerprint density at radius 3 is 2.41 bits per heavy atom. The van der Waals surface area contributed by atoms with Gasteiger partial charge < -0.3 is 4.90 Å². The molecule has 1 nitrogen and oxygen atoms in total. The van der Waals surface area contributed by atoms with Gasteiger partial charge in [0.1, 0.15) is 0 Å². The van der Waals surface area contributed by atoms with E-state index in [0.29, 0.717) is 0 Å². The predicted octanol–water partition coefficient (Wildman–Crippen LogP) is 6.61. The molecule has 0 aromatic heterocycles. The summed E-state index contributed by atoms with van der Waals surface area (Å²) < 4.78 is 0. The summed E-state index contributed by atoms with van der Waals surface area (Å²) in [5.74, 6) is 0.762. The highest BCUT2D eigenvalue weighted by molar-refractivity contribution is 6.17. The normalized spacial score (nSPS) is 15.2. The molecule has 1 saturated heterocycles. The number of benzene rings is 3. The van der Waals surface area contributed by atoms with Gasteiger partial charge >= 0.3 is 0 Å². The van der Waals surface area contributed by atoms with Crippen LogP contribution < -0.4 is 0 Å². The van der Waals surface area contributed by atoms with Crippen molar-refractivity contribution in [2.45, 2.75) is 19.3 Å². The van der Waals surface area contributed by atoms with Gasteiger partial charge in [0, 0.05) is 19.0 Å². The number of piperidine rings is 1. The molecule has 0 aliphatic carbocycles. The average Bonchev–Trinajstić information content (AvgIpc) is 2.73. The largest absolute Gasteiger partial charge is 0.303 e. The third-order valence-corrected chi connectivity index (χ3v) is 5.75.